The second kappa shape index (κ2) is 3.19. The standard InChI is InChI=1S/C9H5NO3S/c11-7-5-2-1-3-10-8(5)14-4-6(7)9(12)13/h1-4H,(H,12,13). The van der Waals surface area contributed by atoms with Crippen LogP contribution in [-0.4, -0.2) is 16.1 Å². The zero-order valence-electron chi connectivity index (χ0n) is 6.93. The van der Waals surface area contributed by atoms with Crippen LogP contribution in [0.4, 0.5) is 0 Å². The van der Waals surface area contributed by atoms with Crippen LogP contribution in [0.2, 0.25) is 0 Å². The van der Waals surface area contributed by atoms with E-state index in [4.69, 9.17) is 5.11 Å². The van der Waals surface area contributed by atoms with Gasteiger partial charge < -0.3 is 5.11 Å². The van der Waals surface area contributed by atoms with E-state index in [2.05, 4.69) is 4.98 Å². The second-order valence-corrected chi connectivity index (χ2v) is 3.50. The molecule has 2 rings (SSSR count). The van der Waals surface area contributed by atoms with E-state index in [-0.39, 0.29) is 5.56 Å². The molecule has 4 nitrogen and oxygen atoms in total. The summed E-state index contributed by atoms with van der Waals surface area (Å²) >= 11 is 1.15. The molecule has 0 aliphatic carbocycles. The van der Waals surface area contributed by atoms with Gasteiger partial charge in [0.25, 0.3) is 0 Å². The van der Waals surface area contributed by atoms with Crippen LogP contribution in [0.5, 0.6) is 0 Å². The molecule has 70 valence electrons. The van der Waals surface area contributed by atoms with Gasteiger partial charge in [-0.2, -0.15) is 0 Å². The number of aromatic nitrogens is 1. The number of pyridine rings is 1. The second-order valence-electron chi connectivity index (χ2n) is 2.64. The van der Waals surface area contributed by atoms with Gasteiger partial charge in [-0.05, 0) is 12.1 Å². The minimum atomic E-state index is -1.20. The molecule has 5 heteroatoms. The van der Waals surface area contributed by atoms with E-state index in [9.17, 15) is 9.59 Å². The Labute approximate surface area is 82.5 Å². The Bertz CT molecular complexity index is 561. The Balaban J connectivity index is 2.89. The summed E-state index contributed by atoms with van der Waals surface area (Å²) in [5.41, 5.74) is -0.671. The number of hydrogen-bond donors (Lipinski definition) is 1. The maximum absolute atomic E-state index is 11.6. The largest absolute Gasteiger partial charge is 0.478 e. The van der Waals surface area contributed by atoms with Gasteiger partial charge in [0.15, 0.2) is 0 Å². The summed E-state index contributed by atoms with van der Waals surface area (Å²) in [5, 5.41) is 10.4. The number of carbonyl (C=O) groups is 1. The number of carboxylic acids is 1. The topological polar surface area (TPSA) is 67.3 Å². The van der Waals surface area contributed by atoms with E-state index in [1.807, 2.05) is 0 Å². The third-order valence-electron chi connectivity index (χ3n) is 1.78. The lowest BCUT2D eigenvalue weighted by atomic mass is 10.2. The van der Waals surface area contributed by atoms with E-state index < -0.39 is 11.4 Å². The molecule has 14 heavy (non-hydrogen) atoms. The molecule has 0 aliphatic rings. The third kappa shape index (κ3) is 1.27. The molecule has 0 unspecified atom stereocenters. The van der Waals surface area contributed by atoms with Crippen molar-refractivity contribution in [1.29, 1.82) is 0 Å². The number of hydrogen-bond acceptors (Lipinski definition) is 4. The maximum Gasteiger partial charge on any atom is 0.340 e. The summed E-state index contributed by atoms with van der Waals surface area (Å²) < 4.78 is 0. The molecule has 0 aliphatic heterocycles. The molecule has 0 saturated heterocycles. The Morgan fingerprint density at radius 1 is 1.50 bits per heavy atom. The van der Waals surface area contributed by atoms with E-state index in [1.54, 1.807) is 18.3 Å². The lowest BCUT2D eigenvalue weighted by Gasteiger charge is -1.95. The fraction of sp³-hybridized carbons (Fsp3) is 0. The summed E-state index contributed by atoms with van der Waals surface area (Å²) in [6, 6.07) is 3.19. The summed E-state index contributed by atoms with van der Waals surface area (Å²) in [6.07, 6.45) is 1.57. The minimum Gasteiger partial charge on any atom is -0.478 e. The zero-order valence-corrected chi connectivity index (χ0v) is 7.75. The fourth-order valence-electron chi connectivity index (χ4n) is 1.12. The zero-order chi connectivity index (χ0) is 10.1. The lowest BCUT2D eigenvalue weighted by Crippen LogP contribution is -2.13. The van der Waals surface area contributed by atoms with Gasteiger partial charge in [0, 0.05) is 11.6 Å². The van der Waals surface area contributed by atoms with E-state index in [0.717, 1.165) is 11.3 Å². The van der Waals surface area contributed by atoms with Crippen molar-refractivity contribution in [2.45, 2.75) is 0 Å². The van der Waals surface area contributed by atoms with Crippen molar-refractivity contribution in [3.63, 3.8) is 0 Å². The van der Waals surface area contributed by atoms with Gasteiger partial charge in [0.2, 0.25) is 5.43 Å². The molecule has 1 N–H and O–H groups in total. The van der Waals surface area contributed by atoms with E-state index >= 15 is 0 Å². The monoisotopic (exact) mass is 207 g/mol. The molecule has 2 heterocycles. The average molecular weight is 207 g/mol. The van der Waals surface area contributed by atoms with Gasteiger partial charge in [-0.3, -0.25) is 4.79 Å². The van der Waals surface area contributed by atoms with Crippen LogP contribution in [0.1, 0.15) is 10.4 Å². The smallest absolute Gasteiger partial charge is 0.340 e. The van der Waals surface area contributed by atoms with Crippen molar-refractivity contribution in [3.05, 3.63) is 39.5 Å². The molecule has 2 aromatic heterocycles. The van der Waals surface area contributed by atoms with E-state index in [0.29, 0.717) is 10.2 Å². The van der Waals surface area contributed by atoms with Crippen LogP contribution < -0.4 is 5.43 Å². The van der Waals surface area contributed by atoms with Crippen molar-refractivity contribution in [2.24, 2.45) is 0 Å². The van der Waals surface area contributed by atoms with E-state index in [1.165, 1.54) is 5.38 Å². The lowest BCUT2D eigenvalue weighted by molar-refractivity contribution is 0.0696. The highest BCUT2D eigenvalue weighted by molar-refractivity contribution is 7.16. The van der Waals surface area contributed by atoms with Crippen molar-refractivity contribution < 1.29 is 9.90 Å². The summed E-state index contributed by atoms with van der Waals surface area (Å²) in [6.45, 7) is 0. The first-order valence-electron chi connectivity index (χ1n) is 3.80. The minimum absolute atomic E-state index is 0.199. The van der Waals surface area contributed by atoms with Crippen LogP contribution in [0.25, 0.3) is 10.2 Å². The van der Waals surface area contributed by atoms with Crippen LogP contribution in [-0.2, 0) is 0 Å². The SMILES string of the molecule is O=C(O)c1csc2ncccc2c1=O. The summed E-state index contributed by atoms with van der Waals surface area (Å²) in [7, 11) is 0. The average Bonchev–Trinajstić information content (AvgIpc) is 2.18. The van der Waals surface area contributed by atoms with Gasteiger partial charge in [-0.1, -0.05) is 0 Å². The molecule has 0 bridgehead atoms. The highest BCUT2D eigenvalue weighted by atomic mass is 32.1. The summed E-state index contributed by atoms with van der Waals surface area (Å²) in [4.78, 5) is 26.7. The molecule has 0 aromatic carbocycles. The number of nitrogens with zero attached hydrogens (tertiary/aromatic N) is 1. The molecular formula is C9H5NO3S. The van der Waals surface area contributed by atoms with Crippen LogP contribution >= 0.6 is 11.3 Å². The first-order valence-corrected chi connectivity index (χ1v) is 4.68. The quantitative estimate of drug-likeness (QED) is 0.766. The van der Waals surface area contributed by atoms with Gasteiger partial charge in [-0.25, -0.2) is 9.78 Å². The third-order valence-corrected chi connectivity index (χ3v) is 2.68. The van der Waals surface area contributed by atoms with Crippen LogP contribution in [0.15, 0.2) is 28.5 Å². The molecule has 0 saturated carbocycles. The van der Waals surface area contributed by atoms with Crippen molar-refractivity contribution in [3.8, 4) is 0 Å². The highest BCUT2D eigenvalue weighted by Crippen LogP contribution is 2.13. The van der Waals surface area contributed by atoms with Gasteiger partial charge >= 0.3 is 5.97 Å². The number of fused-ring (bicyclic) bond motifs is 1. The molecule has 0 amide bonds. The summed E-state index contributed by atoms with van der Waals surface area (Å²) in [5.74, 6) is -1.20. The molecule has 0 fully saturated rings. The first-order chi connectivity index (χ1) is 6.70. The Morgan fingerprint density at radius 3 is 3.00 bits per heavy atom. The Kier molecular flexibility index (Phi) is 2.01. The van der Waals surface area contributed by atoms with Gasteiger partial charge in [0.1, 0.15) is 10.4 Å². The Hall–Kier alpha value is -1.75. The van der Waals surface area contributed by atoms with Gasteiger partial charge in [0.05, 0.1) is 5.39 Å². The van der Waals surface area contributed by atoms with Crippen molar-refractivity contribution in [1.82, 2.24) is 4.98 Å². The molecule has 2 aromatic rings. The molecule has 0 atom stereocenters. The van der Waals surface area contributed by atoms with Gasteiger partial charge in [-0.15, -0.1) is 11.3 Å². The number of aromatic carboxylic acids is 1. The molecular weight excluding hydrogens is 202 g/mol. The van der Waals surface area contributed by atoms with Crippen LogP contribution in [0.3, 0.4) is 0 Å². The van der Waals surface area contributed by atoms with Crippen LogP contribution in [0, 0.1) is 0 Å². The predicted molar refractivity (Wildman–Crippen MR) is 52.8 cm³/mol. The van der Waals surface area contributed by atoms with Crippen molar-refractivity contribution in [2.75, 3.05) is 0 Å². The first kappa shape index (κ1) is 8.83. The molecule has 0 spiro atoms. The predicted octanol–water partition coefficient (Wildman–Crippen LogP) is 1.35. The normalized spacial score (nSPS) is 10.3. The number of rotatable bonds is 1. The van der Waals surface area contributed by atoms with Crippen molar-refractivity contribution >= 4 is 27.5 Å². The number of carboxylic acid groups (broad SMARTS) is 1. The fourth-order valence-corrected chi connectivity index (χ4v) is 1.97. The highest BCUT2D eigenvalue weighted by Gasteiger charge is 2.11. The molecule has 0 radical (unpaired) electrons. The Morgan fingerprint density at radius 2 is 2.29 bits per heavy atom. The maximum atomic E-state index is 11.6.